The molecule has 2 N–H and O–H groups in total. The van der Waals surface area contributed by atoms with Crippen LogP contribution in [0.1, 0.15) is 13.3 Å². The lowest BCUT2D eigenvalue weighted by molar-refractivity contribution is 0.0781. The van der Waals surface area contributed by atoms with Crippen LogP contribution in [0.5, 0.6) is 0 Å². The van der Waals surface area contributed by atoms with Gasteiger partial charge in [0.25, 0.3) is 0 Å². The van der Waals surface area contributed by atoms with E-state index in [4.69, 9.17) is 5.11 Å². The fraction of sp³-hybridized carbons (Fsp3) is 0.875. The third kappa shape index (κ3) is 9.49. The first-order valence-corrected chi connectivity index (χ1v) is 5.64. The number of alkyl carbamates (subject to hydrolysis) is 1. The monoisotopic (exact) mass is 207 g/mol. The van der Waals surface area contributed by atoms with Gasteiger partial charge in [-0.3, -0.25) is 0 Å². The summed E-state index contributed by atoms with van der Waals surface area (Å²) < 4.78 is 4.68. The molecular weight excluding hydrogens is 190 g/mol. The zero-order chi connectivity index (χ0) is 10.1. The first-order valence-electron chi connectivity index (χ1n) is 4.24. The van der Waals surface area contributed by atoms with Crippen molar-refractivity contribution in [3.63, 3.8) is 0 Å². The molecule has 0 rings (SSSR count). The molecular formula is C8H17NO3S. The number of nitrogens with one attached hydrogen (secondary N) is 1. The van der Waals surface area contributed by atoms with Crippen LogP contribution in [0.2, 0.25) is 0 Å². The van der Waals surface area contributed by atoms with Gasteiger partial charge in [0, 0.05) is 6.54 Å². The molecule has 0 aliphatic rings. The van der Waals surface area contributed by atoms with Crippen molar-refractivity contribution in [1.82, 2.24) is 5.32 Å². The summed E-state index contributed by atoms with van der Waals surface area (Å²) in [7, 11) is 0. The highest BCUT2D eigenvalue weighted by Gasteiger charge is 2.02. The van der Waals surface area contributed by atoms with Crippen molar-refractivity contribution in [1.29, 1.82) is 0 Å². The molecule has 78 valence electrons. The van der Waals surface area contributed by atoms with Crippen molar-refractivity contribution in [3.8, 4) is 0 Å². The Hall–Kier alpha value is -0.420. The standard InChI is InChI=1S/C8H17NO3S/c1-7(10)6-12-8(11)9-4-3-5-13-2/h7,10H,3-6H2,1-2H3,(H,9,11). The van der Waals surface area contributed by atoms with E-state index in [1.165, 1.54) is 0 Å². The molecule has 0 saturated carbocycles. The molecule has 13 heavy (non-hydrogen) atoms. The Labute approximate surface area is 83.0 Å². The number of hydrogen-bond donors (Lipinski definition) is 2. The average molecular weight is 207 g/mol. The second-order valence-electron chi connectivity index (χ2n) is 2.72. The molecule has 5 heteroatoms. The number of carbonyl (C=O) groups excluding carboxylic acids is 1. The van der Waals surface area contributed by atoms with Gasteiger partial charge in [-0.1, -0.05) is 0 Å². The molecule has 4 nitrogen and oxygen atoms in total. The van der Waals surface area contributed by atoms with Crippen molar-refractivity contribution in [3.05, 3.63) is 0 Å². The summed E-state index contributed by atoms with van der Waals surface area (Å²) in [6, 6.07) is 0. The van der Waals surface area contributed by atoms with Crippen LogP contribution in [-0.2, 0) is 4.74 Å². The SMILES string of the molecule is CSCCCNC(=O)OCC(C)O. The summed E-state index contributed by atoms with van der Waals surface area (Å²) in [6.45, 7) is 2.24. The first kappa shape index (κ1) is 12.6. The number of aliphatic hydroxyl groups excluding tert-OH is 1. The van der Waals surface area contributed by atoms with Crippen LogP contribution in [0.25, 0.3) is 0 Å². The normalized spacial score (nSPS) is 12.2. The molecule has 0 aromatic heterocycles. The van der Waals surface area contributed by atoms with Gasteiger partial charge in [0.15, 0.2) is 0 Å². The maximum atomic E-state index is 10.9. The molecule has 1 atom stereocenters. The summed E-state index contributed by atoms with van der Waals surface area (Å²) in [5.41, 5.74) is 0. The van der Waals surface area contributed by atoms with Gasteiger partial charge in [0.05, 0.1) is 6.10 Å². The highest BCUT2D eigenvalue weighted by molar-refractivity contribution is 7.98. The van der Waals surface area contributed by atoms with E-state index in [2.05, 4.69) is 10.1 Å². The number of aliphatic hydroxyl groups is 1. The molecule has 1 unspecified atom stereocenters. The van der Waals surface area contributed by atoms with Gasteiger partial charge in [0.2, 0.25) is 0 Å². The Kier molecular flexibility index (Phi) is 7.93. The lowest BCUT2D eigenvalue weighted by Crippen LogP contribution is -2.28. The third-order valence-electron chi connectivity index (χ3n) is 1.25. The summed E-state index contributed by atoms with van der Waals surface area (Å²) in [4.78, 5) is 10.9. The van der Waals surface area contributed by atoms with Gasteiger partial charge in [-0.2, -0.15) is 11.8 Å². The molecule has 0 radical (unpaired) electrons. The lowest BCUT2D eigenvalue weighted by Gasteiger charge is -2.07. The predicted octanol–water partition coefficient (Wildman–Crippen LogP) is 0.846. The van der Waals surface area contributed by atoms with Gasteiger partial charge < -0.3 is 15.2 Å². The van der Waals surface area contributed by atoms with Crippen molar-refractivity contribution in [2.75, 3.05) is 25.2 Å². The molecule has 1 amide bonds. The lowest BCUT2D eigenvalue weighted by atomic mass is 10.4. The van der Waals surface area contributed by atoms with Crippen LogP contribution in [0.3, 0.4) is 0 Å². The molecule has 0 spiro atoms. The molecule has 0 heterocycles. The second-order valence-corrected chi connectivity index (χ2v) is 3.71. The summed E-state index contributed by atoms with van der Waals surface area (Å²) in [5.74, 6) is 1.02. The van der Waals surface area contributed by atoms with E-state index in [1.54, 1.807) is 18.7 Å². The van der Waals surface area contributed by atoms with E-state index in [1.807, 2.05) is 6.26 Å². The largest absolute Gasteiger partial charge is 0.447 e. The van der Waals surface area contributed by atoms with Crippen molar-refractivity contribution >= 4 is 17.9 Å². The smallest absolute Gasteiger partial charge is 0.407 e. The third-order valence-corrected chi connectivity index (χ3v) is 1.95. The van der Waals surface area contributed by atoms with Crippen molar-refractivity contribution < 1.29 is 14.6 Å². The molecule has 0 aliphatic heterocycles. The van der Waals surface area contributed by atoms with Gasteiger partial charge in [-0.15, -0.1) is 0 Å². The number of amides is 1. The Morgan fingerprint density at radius 3 is 2.92 bits per heavy atom. The van der Waals surface area contributed by atoms with E-state index in [0.29, 0.717) is 6.54 Å². The van der Waals surface area contributed by atoms with Crippen molar-refractivity contribution in [2.24, 2.45) is 0 Å². The molecule has 0 aromatic rings. The highest BCUT2D eigenvalue weighted by atomic mass is 32.2. The maximum absolute atomic E-state index is 10.9. The molecule has 0 aliphatic carbocycles. The van der Waals surface area contributed by atoms with Crippen LogP contribution in [0.15, 0.2) is 0 Å². The minimum atomic E-state index is -0.600. The van der Waals surface area contributed by atoms with Crippen LogP contribution < -0.4 is 5.32 Å². The summed E-state index contributed by atoms with van der Waals surface area (Å²) in [6.07, 6.45) is 1.90. The van der Waals surface area contributed by atoms with E-state index < -0.39 is 12.2 Å². The predicted molar refractivity (Wildman–Crippen MR) is 54.0 cm³/mol. The summed E-state index contributed by atoms with van der Waals surface area (Å²) in [5, 5.41) is 11.4. The number of carbonyl (C=O) groups is 1. The fourth-order valence-electron chi connectivity index (χ4n) is 0.654. The van der Waals surface area contributed by atoms with Crippen molar-refractivity contribution in [2.45, 2.75) is 19.4 Å². The Morgan fingerprint density at radius 2 is 2.38 bits per heavy atom. The van der Waals surface area contributed by atoms with Crippen LogP contribution in [0.4, 0.5) is 4.79 Å². The number of rotatable bonds is 6. The van der Waals surface area contributed by atoms with E-state index in [9.17, 15) is 4.79 Å². The molecule has 0 fully saturated rings. The fourth-order valence-corrected chi connectivity index (χ4v) is 1.09. The van der Waals surface area contributed by atoms with Gasteiger partial charge in [0.1, 0.15) is 6.61 Å². The first-order chi connectivity index (χ1) is 6.16. The zero-order valence-electron chi connectivity index (χ0n) is 8.08. The Morgan fingerprint density at radius 1 is 1.69 bits per heavy atom. The quantitative estimate of drug-likeness (QED) is 0.634. The molecule has 0 bridgehead atoms. The maximum Gasteiger partial charge on any atom is 0.407 e. The number of hydrogen-bond acceptors (Lipinski definition) is 4. The second kappa shape index (κ2) is 8.19. The zero-order valence-corrected chi connectivity index (χ0v) is 8.89. The van der Waals surface area contributed by atoms with Crippen LogP contribution in [-0.4, -0.2) is 42.5 Å². The minimum Gasteiger partial charge on any atom is -0.447 e. The topological polar surface area (TPSA) is 58.6 Å². The Balaban J connectivity index is 3.20. The van der Waals surface area contributed by atoms with Crippen LogP contribution >= 0.6 is 11.8 Å². The van der Waals surface area contributed by atoms with E-state index in [-0.39, 0.29) is 6.61 Å². The molecule has 0 aromatic carbocycles. The number of ether oxygens (including phenoxy) is 1. The van der Waals surface area contributed by atoms with Crippen LogP contribution in [0, 0.1) is 0 Å². The van der Waals surface area contributed by atoms with Gasteiger partial charge in [-0.05, 0) is 25.4 Å². The van der Waals surface area contributed by atoms with E-state index >= 15 is 0 Å². The average Bonchev–Trinajstić information content (AvgIpc) is 2.09. The van der Waals surface area contributed by atoms with Gasteiger partial charge in [-0.25, -0.2) is 4.79 Å². The van der Waals surface area contributed by atoms with E-state index in [0.717, 1.165) is 12.2 Å². The van der Waals surface area contributed by atoms with Gasteiger partial charge >= 0.3 is 6.09 Å². The number of thioether (sulfide) groups is 1. The summed E-state index contributed by atoms with van der Waals surface area (Å²) >= 11 is 1.74. The highest BCUT2D eigenvalue weighted by Crippen LogP contribution is 1.93. The molecule has 0 saturated heterocycles. The Bertz CT molecular complexity index is 141. The minimum absolute atomic E-state index is 0.0500.